The van der Waals surface area contributed by atoms with Crippen LogP contribution in [0.5, 0.6) is 0 Å². The minimum atomic E-state index is 0.0720. The van der Waals surface area contributed by atoms with Gasteiger partial charge in [-0.2, -0.15) is 0 Å². The van der Waals surface area contributed by atoms with E-state index in [9.17, 15) is 4.79 Å². The van der Waals surface area contributed by atoms with Crippen LogP contribution in [0.2, 0.25) is 0 Å². The van der Waals surface area contributed by atoms with Gasteiger partial charge >= 0.3 is 0 Å². The molecule has 3 aliphatic rings. The largest absolute Gasteiger partial charge is 0.355 e. The fourth-order valence-corrected chi connectivity index (χ4v) is 4.06. The van der Waals surface area contributed by atoms with Crippen LogP contribution in [-0.2, 0) is 4.79 Å². The molecule has 3 atom stereocenters. The summed E-state index contributed by atoms with van der Waals surface area (Å²) in [7, 11) is 0. The summed E-state index contributed by atoms with van der Waals surface area (Å²) in [6, 6.07) is 0.744. The Kier molecular flexibility index (Phi) is 4.76. The standard InChI is InChI=1S/C17H27N3O/c1-14(21)18-8-9-19-10-12-20(13-11-19)17-7-6-15-4-2-3-5-16(15)17/h2-5,15-17H,6-13H2,1H3,(H,18,21). The lowest BCUT2D eigenvalue weighted by atomic mass is 9.89. The van der Waals surface area contributed by atoms with E-state index in [1.807, 2.05) is 0 Å². The lowest BCUT2D eigenvalue weighted by Gasteiger charge is -2.40. The van der Waals surface area contributed by atoms with Gasteiger partial charge < -0.3 is 5.32 Å². The average molecular weight is 289 g/mol. The number of piperazine rings is 1. The highest BCUT2D eigenvalue weighted by molar-refractivity contribution is 5.72. The molecular weight excluding hydrogens is 262 g/mol. The van der Waals surface area contributed by atoms with Crippen molar-refractivity contribution in [1.29, 1.82) is 0 Å². The molecule has 1 heterocycles. The molecule has 0 aromatic carbocycles. The van der Waals surface area contributed by atoms with Crippen LogP contribution in [0, 0.1) is 11.8 Å². The summed E-state index contributed by atoms with van der Waals surface area (Å²) in [6.07, 6.45) is 11.9. The van der Waals surface area contributed by atoms with Crippen molar-refractivity contribution in [2.45, 2.75) is 25.8 Å². The van der Waals surface area contributed by atoms with Gasteiger partial charge in [0.05, 0.1) is 0 Å². The third kappa shape index (κ3) is 3.55. The summed E-state index contributed by atoms with van der Waals surface area (Å²) in [5.74, 6) is 1.58. The van der Waals surface area contributed by atoms with E-state index in [0.29, 0.717) is 0 Å². The first kappa shape index (κ1) is 14.8. The molecule has 0 aromatic heterocycles. The molecule has 0 radical (unpaired) electrons. The van der Waals surface area contributed by atoms with E-state index in [1.54, 1.807) is 6.92 Å². The highest BCUT2D eigenvalue weighted by Crippen LogP contribution is 2.39. The molecule has 1 saturated heterocycles. The van der Waals surface area contributed by atoms with Gasteiger partial charge in [0.15, 0.2) is 0 Å². The Morgan fingerprint density at radius 1 is 1.14 bits per heavy atom. The maximum Gasteiger partial charge on any atom is 0.216 e. The number of hydrogen-bond acceptors (Lipinski definition) is 3. The van der Waals surface area contributed by atoms with Crippen LogP contribution in [-0.4, -0.2) is 61.0 Å². The van der Waals surface area contributed by atoms with Crippen LogP contribution in [0.3, 0.4) is 0 Å². The lowest BCUT2D eigenvalue weighted by molar-refractivity contribution is -0.119. The lowest BCUT2D eigenvalue weighted by Crippen LogP contribution is -2.52. The number of carbonyl (C=O) groups excluding carboxylic acids is 1. The first-order valence-electron chi connectivity index (χ1n) is 8.30. The summed E-state index contributed by atoms with van der Waals surface area (Å²) < 4.78 is 0. The number of hydrogen-bond donors (Lipinski definition) is 1. The van der Waals surface area contributed by atoms with E-state index in [0.717, 1.165) is 44.1 Å². The zero-order valence-electron chi connectivity index (χ0n) is 13.0. The number of allylic oxidation sites excluding steroid dienone is 3. The first-order chi connectivity index (χ1) is 10.2. The van der Waals surface area contributed by atoms with Crippen molar-refractivity contribution in [2.75, 3.05) is 39.3 Å². The number of fused-ring (bicyclic) bond motifs is 1. The maximum absolute atomic E-state index is 10.9. The molecule has 0 bridgehead atoms. The summed E-state index contributed by atoms with van der Waals surface area (Å²) in [5, 5.41) is 2.89. The molecule has 1 N–H and O–H groups in total. The van der Waals surface area contributed by atoms with E-state index in [-0.39, 0.29) is 5.91 Å². The van der Waals surface area contributed by atoms with Crippen LogP contribution < -0.4 is 5.32 Å². The molecule has 4 nitrogen and oxygen atoms in total. The Bertz CT molecular complexity index is 424. The molecule has 2 fully saturated rings. The summed E-state index contributed by atoms with van der Waals surface area (Å²) in [5.41, 5.74) is 0. The van der Waals surface area contributed by atoms with Gasteiger partial charge in [-0.3, -0.25) is 14.6 Å². The van der Waals surface area contributed by atoms with Crippen LogP contribution >= 0.6 is 0 Å². The van der Waals surface area contributed by atoms with Gasteiger partial charge in [-0.05, 0) is 24.7 Å². The SMILES string of the molecule is CC(=O)NCCN1CCN(C2CCC3C=CC=CC32)CC1. The summed E-state index contributed by atoms with van der Waals surface area (Å²) in [4.78, 5) is 16.1. The third-order valence-electron chi connectivity index (χ3n) is 5.22. The van der Waals surface area contributed by atoms with Crippen molar-refractivity contribution >= 4 is 5.91 Å². The molecule has 3 rings (SSSR count). The number of carbonyl (C=O) groups is 1. The van der Waals surface area contributed by atoms with Crippen molar-refractivity contribution in [3.05, 3.63) is 24.3 Å². The van der Waals surface area contributed by atoms with E-state index >= 15 is 0 Å². The van der Waals surface area contributed by atoms with Crippen LogP contribution in [0.15, 0.2) is 24.3 Å². The minimum Gasteiger partial charge on any atom is -0.355 e. The predicted molar refractivity (Wildman–Crippen MR) is 85.0 cm³/mol. The topological polar surface area (TPSA) is 35.6 Å². The zero-order valence-corrected chi connectivity index (χ0v) is 13.0. The van der Waals surface area contributed by atoms with E-state index in [4.69, 9.17) is 0 Å². The zero-order chi connectivity index (χ0) is 14.7. The van der Waals surface area contributed by atoms with Crippen LogP contribution in [0.4, 0.5) is 0 Å². The van der Waals surface area contributed by atoms with E-state index in [1.165, 1.54) is 25.9 Å². The number of amides is 1. The Hall–Kier alpha value is -1.13. The van der Waals surface area contributed by atoms with Gasteiger partial charge in [-0.1, -0.05) is 24.3 Å². The van der Waals surface area contributed by atoms with Crippen LogP contribution in [0.1, 0.15) is 19.8 Å². The van der Waals surface area contributed by atoms with Gasteiger partial charge in [-0.25, -0.2) is 0 Å². The number of rotatable bonds is 4. The Balaban J connectivity index is 1.44. The Labute approximate surface area is 127 Å². The average Bonchev–Trinajstić information content (AvgIpc) is 2.92. The molecule has 2 aliphatic carbocycles. The van der Waals surface area contributed by atoms with E-state index < -0.39 is 0 Å². The second-order valence-corrected chi connectivity index (χ2v) is 6.52. The summed E-state index contributed by atoms with van der Waals surface area (Å²) >= 11 is 0. The molecule has 0 spiro atoms. The first-order valence-corrected chi connectivity index (χ1v) is 8.30. The monoisotopic (exact) mass is 289 g/mol. The van der Waals surface area contributed by atoms with Gasteiger partial charge in [0, 0.05) is 52.2 Å². The second-order valence-electron chi connectivity index (χ2n) is 6.52. The molecule has 1 amide bonds. The third-order valence-corrected chi connectivity index (χ3v) is 5.22. The van der Waals surface area contributed by atoms with Crippen molar-refractivity contribution in [2.24, 2.45) is 11.8 Å². The van der Waals surface area contributed by atoms with Crippen LogP contribution in [0.25, 0.3) is 0 Å². The van der Waals surface area contributed by atoms with Gasteiger partial charge in [0.2, 0.25) is 5.91 Å². The molecule has 3 unspecified atom stereocenters. The molecule has 4 heteroatoms. The predicted octanol–water partition coefficient (Wildman–Crippen LogP) is 1.26. The highest BCUT2D eigenvalue weighted by Gasteiger charge is 2.38. The van der Waals surface area contributed by atoms with Crippen molar-refractivity contribution < 1.29 is 4.79 Å². The molecule has 1 aliphatic heterocycles. The Morgan fingerprint density at radius 2 is 1.90 bits per heavy atom. The highest BCUT2D eigenvalue weighted by atomic mass is 16.1. The molecule has 116 valence electrons. The molecule has 1 saturated carbocycles. The molecule has 0 aromatic rings. The van der Waals surface area contributed by atoms with E-state index in [2.05, 4.69) is 39.4 Å². The maximum atomic E-state index is 10.9. The van der Waals surface area contributed by atoms with Crippen molar-refractivity contribution in [3.63, 3.8) is 0 Å². The fraction of sp³-hybridized carbons (Fsp3) is 0.706. The number of nitrogens with zero attached hydrogens (tertiary/aromatic N) is 2. The fourth-order valence-electron chi connectivity index (χ4n) is 4.06. The van der Waals surface area contributed by atoms with Gasteiger partial charge in [0.25, 0.3) is 0 Å². The second kappa shape index (κ2) is 6.75. The molecule has 21 heavy (non-hydrogen) atoms. The normalized spacial score (nSPS) is 33.1. The smallest absolute Gasteiger partial charge is 0.216 e. The minimum absolute atomic E-state index is 0.0720. The quantitative estimate of drug-likeness (QED) is 0.846. The molecular formula is C17H27N3O. The van der Waals surface area contributed by atoms with Crippen molar-refractivity contribution in [1.82, 2.24) is 15.1 Å². The Morgan fingerprint density at radius 3 is 2.67 bits per heavy atom. The van der Waals surface area contributed by atoms with Gasteiger partial charge in [0.1, 0.15) is 0 Å². The van der Waals surface area contributed by atoms with Crippen molar-refractivity contribution in [3.8, 4) is 0 Å². The number of nitrogens with one attached hydrogen (secondary N) is 1. The summed E-state index contributed by atoms with van der Waals surface area (Å²) in [6.45, 7) is 7.95. The van der Waals surface area contributed by atoms with Gasteiger partial charge in [-0.15, -0.1) is 0 Å².